The predicted molar refractivity (Wildman–Crippen MR) is 111 cm³/mol. The summed E-state index contributed by atoms with van der Waals surface area (Å²) in [5, 5.41) is 9.58. The number of hydroxylamine groups is 2. The number of ether oxygens (including phenoxy) is 1. The zero-order valence-electron chi connectivity index (χ0n) is 16.6. The molecule has 0 fully saturated rings. The quantitative estimate of drug-likeness (QED) is 0.791. The van der Waals surface area contributed by atoms with Gasteiger partial charge < -0.3 is 14.1 Å². The molecule has 2 aliphatic heterocycles. The number of hydrogen-bond donors (Lipinski definition) is 1. The summed E-state index contributed by atoms with van der Waals surface area (Å²) < 4.78 is 7.84. The molecule has 0 bridgehead atoms. The number of nitrogens with one attached hydrogen (secondary N) is 1. The first-order chi connectivity index (χ1) is 13.9. The smallest absolute Gasteiger partial charge is 0.283 e. The largest absolute Gasteiger partial charge is 0.492 e. The van der Waals surface area contributed by atoms with Gasteiger partial charge in [-0.05, 0) is 62.2 Å². The van der Waals surface area contributed by atoms with Crippen molar-refractivity contribution in [3.63, 3.8) is 0 Å². The van der Waals surface area contributed by atoms with Gasteiger partial charge in [0.2, 0.25) is 0 Å². The second kappa shape index (κ2) is 7.43. The van der Waals surface area contributed by atoms with Gasteiger partial charge in [0.15, 0.2) is 11.7 Å². The maximum Gasteiger partial charge on any atom is 0.283 e. The van der Waals surface area contributed by atoms with Crippen LogP contribution in [-0.2, 0) is 16.2 Å². The average Bonchev–Trinajstić information content (AvgIpc) is 3.27. The Morgan fingerprint density at radius 2 is 2.03 bits per heavy atom. The molecule has 2 aromatic rings. The van der Waals surface area contributed by atoms with Crippen LogP contribution in [0, 0.1) is 19.3 Å². The van der Waals surface area contributed by atoms with E-state index in [9.17, 15) is 4.79 Å². The molecule has 0 radical (unpaired) electrons. The lowest BCUT2D eigenvalue weighted by atomic mass is 10.1. The van der Waals surface area contributed by atoms with E-state index in [1.807, 2.05) is 41.1 Å². The number of aromatic nitrogens is 1. The van der Waals surface area contributed by atoms with Crippen LogP contribution in [0.3, 0.4) is 0 Å². The van der Waals surface area contributed by atoms with Crippen LogP contribution in [0.2, 0.25) is 0 Å². The van der Waals surface area contributed by atoms with Crippen molar-refractivity contribution < 1.29 is 14.4 Å². The first kappa shape index (κ1) is 18.7. The van der Waals surface area contributed by atoms with E-state index in [-0.39, 0.29) is 11.4 Å². The highest BCUT2D eigenvalue weighted by atomic mass is 16.7. The number of rotatable bonds is 5. The van der Waals surface area contributed by atoms with Crippen LogP contribution in [0.1, 0.15) is 23.7 Å². The number of amidine groups is 2. The molecule has 0 unspecified atom stereocenters. The number of benzene rings is 1. The SMILES string of the molecule is CC1=CC2=NC(=O)/C(=C\c3cccn3CCOc3ccc(C)c(C)c3)C(=N)N2O1. The van der Waals surface area contributed by atoms with Crippen molar-refractivity contribution >= 4 is 23.7 Å². The molecule has 0 aliphatic carbocycles. The van der Waals surface area contributed by atoms with E-state index in [0.717, 1.165) is 11.4 Å². The summed E-state index contributed by atoms with van der Waals surface area (Å²) in [4.78, 5) is 21.9. The van der Waals surface area contributed by atoms with Crippen LogP contribution in [-0.4, -0.2) is 33.8 Å². The maximum absolute atomic E-state index is 12.4. The van der Waals surface area contributed by atoms with Crippen LogP contribution in [0.4, 0.5) is 0 Å². The molecule has 1 aromatic heterocycles. The molecule has 1 N–H and O–H groups in total. The number of allylic oxidation sites excluding steroid dienone is 1. The third-order valence-corrected chi connectivity index (χ3v) is 4.92. The fourth-order valence-corrected chi connectivity index (χ4v) is 3.18. The molecule has 0 spiro atoms. The van der Waals surface area contributed by atoms with Gasteiger partial charge in [-0.3, -0.25) is 10.2 Å². The summed E-state index contributed by atoms with van der Waals surface area (Å²) in [6.07, 6.45) is 5.22. The summed E-state index contributed by atoms with van der Waals surface area (Å²) in [6.45, 7) is 6.97. The van der Waals surface area contributed by atoms with Crippen LogP contribution in [0.5, 0.6) is 5.75 Å². The summed E-state index contributed by atoms with van der Waals surface area (Å²) in [5.41, 5.74) is 3.41. The molecule has 1 amide bonds. The predicted octanol–water partition coefficient (Wildman–Crippen LogP) is 3.63. The fourth-order valence-electron chi connectivity index (χ4n) is 3.18. The zero-order valence-corrected chi connectivity index (χ0v) is 16.6. The van der Waals surface area contributed by atoms with E-state index >= 15 is 0 Å². The highest BCUT2D eigenvalue weighted by Crippen LogP contribution is 2.24. The van der Waals surface area contributed by atoms with Crippen molar-refractivity contribution in [2.24, 2.45) is 4.99 Å². The summed E-state index contributed by atoms with van der Waals surface area (Å²) in [6, 6.07) is 9.81. The van der Waals surface area contributed by atoms with E-state index in [1.54, 1.807) is 19.1 Å². The van der Waals surface area contributed by atoms with Gasteiger partial charge in [0.1, 0.15) is 18.1 Å². The third-order valence-electron chi connectivity index (χ3n) is 4.92. The molecule has 3 heterocycles. The molecule has 29 heavy (non-hydrogen) atoms. The number of hydrogen-bond acceptors (Lipinski definition) is 4. The van der Waals surface area contributed by atoms with Gasteiger partial charge >= 0.3 is 0 Å². The maximum atomic E-state index is 12.4. The Morgan fingerprint density at radius 1 is 1.21 bits per heavy atom. The summed E-state index contributed by atoms with van der Waals surface area (Å²) >= 11 is 0. The number of aliphatic imine (C=N–C) groups is 1. The molecule has 7 heteroatoms. The topological polar surface area (TPSA) is 79.9 Å². The highest BCUT2D eigenvalue weighted by molar-refractivity contribution is 6.32. The molecule has 4 rings (SSSR count). The Balaban J connectivity index is 1.47. The van der Waals surface area contributed by atoms with Gasteiger partial charge in [-0.25, -0.2) is 0 Å². The molecular formula is C22H22N4O3. The molecule has 0 atom stereocenters. The minimum absolute atomic E-state index is 0.0211. The number of carbonyl (C=O) groups excluding carboxylic acids is 1. The second-order valence-electron chi connectivity index (χ2n) is 7.04. The van der Waals surface area contributed by atoms with Crippen LogP contribution in [0.25, 0.3) is 6.08 Å². The van der Waals surface area contributed by atoms with Gasteiger partial charge in [0.25, 0.3) is 5.91 Å². The van der Waals surface area contributed by atoms with Gasteiger partial charge in [-0.1, -0.05) is 6.07 Å². The highest BCUT2D eigenvalue weighted by Gasteiger charge is 2.34. The average molecular weight is 390 g/mol. The Kier molecular flexibility index (Phi) is 4.80. The van der Waals surface area contributed by atoms with Crippen molar-refractivity contribution in [1.82, 2.24) is 9.63 Å². The second-order valence-corrected chi connectivity index (χ2v) is 7.04. The van der Waals surface area contributed by atoms with Crippen molar-refractivity contribution in [2.45, 2.75) is 27.3 Å². The minimum Gasteiger partial charge on any atom is -0.492 e. The first-order valence-electron chi connectivity index (χ1n) is 9.37. The van der Waals surface area contributed by atoms with Crippen molar-refractivity contribution in [2.75, 3.05) is 6.61 Å². The molecular weight excluding hydrogens is 368 g/mol. The van der Waals surface area contributed by atoms with Gasteiger partial charge in [0, 0.05) is 18.0 Å². The third kappa shape index (κ3) is 3.71. The summed E-state index contributed by atoms with van der Waals surface area (Å²) in [7, 11) is 0. The molecule has 7 nitrogen and oxygen atoms in total. The Bertz CT molecular complexity index is 1090. The lowest BCUT2D eigenvalue weighted by Gasteiger charge is -2.23. The number of carbonyl (C=O) groups is 1. The van der Waals surface area contributed by atoms with Crippen LogP contribution in [0.15, 0.2) is 58.9 Å². The molecule has 0 saturated heterocycles. The van der Waals surface area contributed by atoms with E-state index in [1.165, 1.54) is 16.2 Å². The van der Waals surface area contributed by atoms with Gasteiger partial charge in [0.05, 0.1) is 12.1 Å². The zero-order chi connectivity index (χ0) is 20.5. The molecule has 2 aliphatic rings. The van der Waals surface area contributed by atoms with E-state index in [0.29, 0.717) is 24.7 Å². The number of fused-ring (bicyclic) bond motifs is 1. The Morgan fingerprint density at radius 3 is 2.83 bits per heavy atom. The Hall–Kier alpha value is -3.61. The first-order valence-corrected chi connectivity index (χ1v) is 9.37. The molecule has 148 valence electrons. The number of aryl methyl sites for hydroxylation is 2. The lowest BCUT2D eigenvalue weighted by molar-refractivity contribution is -0.114. The van der Waals surface area contributed by atoms with E-state index < -0.39 is 5.91 Å². The van der Waals surface area contributed by atoms with E-state index in [4.69, 9.17) is 15.0 Å². The minimum atomic E-state index is -0.449. The normalized spacial score (nSPS) is 17.2. The van der Waals surface area contributed by atoms with Crippen LogP contribution < -0.4 is 4.74 Å². The monoisotopic (exact) mass is 390 g/mol. The number of amides is 1. The molecule has 0 saturated carbocycles. The van der Waals surface area contributed by atoms with Crippen molar-refractivity contribution in [3.05, 3.63) is 70.8 Å². The van der Waals surface area contributed by atoms with E-state index in [2.05, 4.69) is 18.8 Å². The summed E-state index contributed by atoms with van der Waals surface area (Å²) in [5.74, 6) is 1.30. The standard InChI is InChI=1S/C22H22N4O3/c1-14-6-7-18(11-15(14)2)28-10-9-25-8-4-5-17(25)13-19-21(23)26-20(24-22(19)27)12-16(3)29-26/h4-8,11-13,23H,9-10H2,1-3H3/b19-13-,23-21?. The van der Waals surface area contributed by atoms with Crippen molar-refractivity contribution in [1.29, 1.82) is 5.41 Å². The number of nitrogens with zero attached hydrogens (tertiary/aromatic N) is 3. The Labute approximate surface area is 169 Å². The van der Waals surface area contributed by atoms with Gasteiger partial charge in [-0.15, -0.1) is 5.06 Å². The lowest BCUT2D eigenvalue weighted by Crippen LogP contribution is -2.38. The van der Waals surface area contributed by atoms with Crippen molar-refractivity contribution in [3.8, 4) is 5.75 Å². The van der Waals surface area contributed by atoms with Crippen LogP contribution >= 0.6 is 0 Å². The molecule has 1 aromatic carbocycles. The fraction of sp³-hybridized carbons (Fsp3) is 0.227. The van der Waals surface area contributed by atoms with Gasteiger partial charge in [-0.2, -0.15) is 4.99 Å².